The van der Waals surface area contributed by atoms with Gasteiger partial charge in [-0.3, -0.25) is 0 Å². The van der Waals surface area contributed by atoms with Crippen LogP contribution in [-0.2, 0) is 0 Å². The zero-order chi connectivity index (χ0) is 13.8. The third-order valence-electron chi connectivity index (χ3n) is 3.10. The summed E-state index contributed by atoms with van der Waals surface area (Å²) in [5.41, 5.74) is 8.02. The number of pyridine rings is 1. The lowest BCUT2D eigenvalue weighted by Crippen LogP contribution is -2.13. The van der Waals surface area contributed by atoms with Gasteiger partial charge in [0.1, 0.15) is 11.6 Å². The average molecular weight is 257 g/mol. The summed E-state index contributed by atoms with van der Waals surface area (Å²) in [6.45, 7) is 1.96. The van der Waals surface area contributed by atoms with Gasteiger partial charge in [-0.05, 0) is 48.9 Å². The molecule has 0 radical (unpaired) electrons. The van der Waals surface area contributed by atoms with Crippen molar-refractivity contribution in [1.29, 1.82) is 0 Å². The molecule has 4 heteroatoms. The van der Waals surface area contributed by atoms with Gasteiger partial charge in [-0.1, -0.05) is 0 Å². The first kappa shape index (κ1) is 13.4. The number of aromatic nitrogens is 1. The lowest BCUT2D eigenvalue weighted by atomic mass is 10.1. The fraction of sp³-hybridized carbons (Fsp3) is 0.267. The fourth-order valence-corrected chi connectivity index (χ4v) is 1.84. The van der Waals surface area contributed by atoms with E-state index in [1.165, 1.54) is 0 Å². The van der Waals surface area contributed by atoms with Crippen LogP contribution in [0.1, 0.15) is 18.5 Å². The number of ether oxygens (including phenoxy) is 1. The molecule has 0 fully saturated rings. The van der Waals surface area contributed by atoms with E-state index in [4.69, 9.17) is 10.5 Å². The van der Waals surface area contributed by atoms with Crippen molar-refractivity contribution in [2.24, 2.45) is 5.73 Å². The van der Waals surface area contributed by atoms with Crippen LogP contribution in [0.15, 0.2) is 42.6 Å². The molecule has 0 aliphatic carbocycles. The highest BCUT2D eigenvalue weighted by Gasteiger charge is 2.07. The Kier molecular flexibility index (Phi) is 4.02. The van der Waals surface area contributed by atoms with Gasteiger partial charge in [-0.15, -0.1) is 0 Å². The lowest BCUT2D eigenvalue weighted by molar-refractivity contribution is 0.415. The molecule has 1 aromatic carbocycles. The molecule has 0 bridgehead atoms. The Morgan fingerprint density at radius 3 is 2.47 bits per heavy atom. The van der Waals surface area contributed by atoms with Crippen LogP contribution in [0, 0.1) is 0 Å². The van der Waals surface area contributed by atoms with Crippen molar-refractivity contribution >= 4 is 11.5 Å². The molecule has 2 aromatic rings. The minimum Gasteiger partial charge on any atom is -0.497 e. The minimum absolute atomic E-state index is 0.00557. The Morgan fingerprint density at radius 1 is 1.21 bits per heavy atom. The van der Waals surface area contributed by atoms with Crippen molar-refractivity contribution in [3.05, 3.63) is 48.2 Å². The number of hydrogen-bond acceptors (Lipinski definition) is 4. The number of rotatable bonds is 4. The van der Waals surface area contributed by atoms with E-state index < -0.39 is 0 Å². The first-order valence-electron chi connectivity index (χ1n) is 6.21. The van der Waals surface area contributed by atoms with Crippen molar-refractivity contribution in [3.8, 4) is 5.75 Å². The maximum absolute atomic E-state index is 5.90. The van der Waals surface area contributed by atoms with Gasteiger partial charge in [0, 0.05) is 25.0 Å². The molecule has 1 atom stereocenters. The summed E-state index contributed by atoms with van der Waals surface area (Å²) < 4.78 is 5.15. The second kappa shape index (κ2) is 5.71. The first-order valence-corrected chi connectivity index (χ1v) is 6.21. The van der Waals surface area contributed by atoms with E-state index in [1.54, 1.807) is 13.3 Å². The Balaban J connectivity index is 2.27. The highest BCUT2D eigenvalue weighted by atomic mass is 16.5. The maximum Gasteiger partial charge on any atom is 0.132 e. The van der Waals surface area contributed by atoms with Crippen molar-refractivity contribution in [3.63, 3.8) is 0 Å². The second-order valence-corrected chi connectivity index (χ2v) is 4.49. The molecular weight excluding hydrogens is 238 g/mol. The smallest absolute Gasteiger partial charge is 0.132 e. The third kappa shape index (κ3) is 3.03. The third-order valence-corrected chi connectivity index (χ3v) is 3.10. The molecule has 0 amide bonds. The Morgan fingerprint density at radius 2 is 1.89 bits per heavy atom. The van der Waals surface area contributed by atoms with Crippen LogP contribution >= 0.6 is 0 Å². The molecule has 0 unspecified atom stereocenters. The molecule has 2 N–H and O–H groups in total. The van der Waals surface area contributed by atoms with Crippen LogP contribution in [0.4, 0.5) is 11.5 Å². The number of methoxy groups -OCH3 is 1. The normalized spacial score (nSPS) is 12.0. The van der Waals surface area contributed by atoms with Gasteiger partial charge in [0.05, 0.1) is 7.11 Å². The van der Waals surface area contributed by atoms with Crippen LogP contribution in [0.5, 0.6) is 5.75 Å². The second-order valence-electron chi connectivity index (χ2n) is 4.49. The Hall–Kier alpha value is -2.07. The molecule has 0 aliphatic heterocycles. The number of nitrogens with zero attached hydrogens (tertiary/aromatic N) is 2. The summed E-state index contributed by atoms with van der Waals surface area (Å²) in [7, 11) is 3.64. The van der Waals surface area contributed by atoms with Gasteiger partial charge < -0.3 is 15.4 Å². The van der Waals surface area contributed by atoms with E-state index in [0.29, 0.717) is 0 Å². The molecule has 100 valence electrons. The van der Waals surface area contributed by atoms with Crippen LogP contribution in [-0.4, -0.2) is 19.1 Å². The van der Waals surface area contributed by atoms with E-state index in [-0.39, 0.29) is 6.04 Å². The first-order chi connectivity index (χ1) is 9.11. The molecule has 1 heterocycles. The zero-order valence-electron chi connectivity index (χ0n) is 11.5. The predicted molar refractivity (Wildman–Crippen MR) is 77.9 cm³/mol. The summed E-state index contributed by atoms with van der Waals surface area (Å²) in [5.74, 6) is 1.72. The van der Waals surface area contributed by atoms with Crippen LogP contribution in [0.2, 0.25) is 0 Å². The lowest BCUT2D eigenvalue weighted by Gasteiger charge is -2.19. The topological polar surface area (TPSA) is 51.4 Å². The van der Waals surface area contributed by atoms with Crippen LogP contribution < -0.4 is 15.4 Å². The monoisotopic (exact) mass is 257 g/mol. The summed E-state index contributed by atoms with van der Waals surface area (Å²) in [4.78, 5) is 6.40. The summed E-state index contributed by atoms with van der Waals surface area (Å²) in [6, 6.07) is 11.8. The zero-order valence-corrected chi connectivity index (χ0v) is 11.5. The predicted octanol–water partition coefficient (Wildman–Crippen LogP) is 2.88. The molecule has 19 heavy (non-hydrogen) atoms. The number of benzene rings is 1. The fourth-order valence-electron chi connectivity index (χ4n) is 1.84. The van der Waals surface area contributed by atoms with E-state index >= 15 is 0 Å². The van der Waals surface area contributed by atoms with Gasteiger partial charge in [0.2, 0.25) is 0 Å². The summed E-state index contributed by atoms with van der Waals surface area (Å²) in [6.07, 6.45) is 1.79. The molecule has 0 spiro atoms. The molecule has 2 rings (SSSR count). The number of hydrogen-bond donors (Lipinski definition) is 1. The molecular formula is C15H19N3O. The van der Waals surface area contributed by atoms with Crippen molar-refractivity contribution in [2.75, 3.05) is 19.1 Å². The van der Waals surface area contributed by atoms with Crippen molar-refractivity contribution < 1.29 is 4.74 Å². The number of nitrogens with two attached hydrogens (primary N) is 1. The van der Waals surface area contributed by atoms with Gasteiger partial charge in [-0.25, -0.2) is 4.98 Å². The average Bonchev–Trinajstić information content (AvgIpc) is 2.46. The van der Waals surface area contributed by atoms with E-state index in [0.717, 1.165) is 22.8 Å². The number of anilines is 2. The molecule has 1 aromatic heterocycles. The highest BCUT2D eigenvalue weighted by Crippen LogP contribution is 2.25. The van der Waals surface area contributed by atoms with Gasteiger partial charge in [0.25, 0.3) is 0 Å². The van der Waals surface area contributed by atoms with Crippen LogP contribution in [0.25, 0.3) is 0 Å². The summed E-state index contributed by atoms with van der Waals surface area (Å²) in [5, 5.41) is 0. The van der Waals surface area contributed by atoms with Crippen LogP contribution in [0.3, 0.4) is 0 Å². The minimum atomic E-state index is 0.00557. The summed E-state index contributed by atoms with van der Waals surface area (Å²) >= 11 is 0. The van der Waals surface area contributed by atoms with E-state index in [9.17, 15) is 0 Å². The van der Waals surface area contributed by atoms with E-state index in [1.807, 2.05) is 55.3 Å². The Bertz CT molecular complexity index is 537. The van der Waals surface area contributed by atoms with Gasteiger partial charge in [0.15, 0.2) is 0 Å². The SMILES string of the molecule is COc1ccc(N(C)c2cc([C@H](C)N)ccn2)cc1. The molecule has 0 saturated carbocycles. The van der Waals surface area contributed by atoms with E-state index in [2.05, 4.69) is 4.98 Å². The van der Waals surface area contributed by atoms with Crippen molar-refractivity contribution in [2.45, 2.75) is 13.0 Å². The molecule has 0 saturated heterocycles. The largest absolute Gasteiger partial charge is 0.497 e. The van der Waals surface area contributed by atoms with Crippen molar-refractivity contribution in [1.82, 2.24) is 4.98 Å². The maximum atomic E-state index is 5.90. The quantitative estimate of drug-likeness (QED) is 0.915. The Labute approximate surface area is 113 Å². The molecule has 0 aliphatic rings. The van der Waals surface area contributed by atoms with Gasteiger partial charge in [-0.2, -0.15) is 0 Å². The highest BCUT2D eigenvalue weighted by molar-refractivity contribution is 5.60. The standard InChI is InChI=1S/C15H19N3O/c1-11(16)12-8-9-17-15(10-12)18(2)13-4-6-14(19-3)7-5-13/h4-11H,16H2,1-3H3/t11-/m0/s1. The van der Waals surface area contributed by atoms with Gasteiger partial charge >= 0.3 is 0 Å². The molecule has 4 nitrogen and oxygen atoms in total.